The molecule has 6 heteroatoms. The lowest BCUT2D eigenvalue weighted by molar-refractivity contribution is 0.0999. The van der Waals surface area contributed by atoms with E-state index in [1.807, 2.05) is 26.0 Å². The van der Waals surface area contributed by atoms with Crippen molar-refractivity contribution >= 4 is 17.5 Å². The fraction of sp³-hybridized carbons (Fsp3) is 0.200. The summed E-state index contributed by atoms with van der Waals surface area (Å²) in [5.74, 6) is 0.310. The third-order valence-corrected chi connectivity index (χ3v) is 3.07. The number of hydrogen-bond acceptors (Lipinski definition) is 4. The molecule has 0 saturated heterocycles. The maximum Gasteiger partial charge on any atom is 0.248 e. The molecule has 0 bridgehead atoms. The van der Waals surface area contributed by atoms with E-state index in [1.54, 1.807) is 12.1 Å². The second-order valence-electron chi connectivity index (χ2n) is 4.84. The molecule has 1 aromatic carbocycles. The van der Waals surface area contributed by atoms with E-state index in [-0.39, 0.29) is 17.2 Å². The topological polar surface area (TPSA) is 111 Å². The number of rotatable bonds is 5. The number of nitrogens with two attached hydrogens (primary N) is 2. The first-order valence-corrected chi connectivity index (χ1v) is 6.44. The molecule has 21 heavy (non-hydrogen) atoms. The zero-order valence-corrected chi connectivity index (χ0v) is 11.8. The van der Waals surface area contributed by atoms with E-state index < -0.39 is 11.8 Å². The Balaban J connectivity index is 2.30. The quantitative estimate of drug-likeness (QED) is 0.780. The first kappa shape index (κ1) is 14.6. The van der Waals surface area contributed by atoms with E-state index in [2.05, 4.69) is 5.32 Å². The number of anilines is 1. The summed E-state index contributed by atoms with van der Waals surface area (Å²) in [5, 5.41) is 3.15. The highest BCUT2D eigenvalue weighted by Crippen LogP contribution is 2.23. The molecule has 0 aliphatic heterocycles. The normalized spacial score (nSPS) is 11.9. The summed E-state index contributed by atoms with van der Waals surface area (Å²) in [7, 11) is 0. The Bertz CT molecular complexity index is 659. The molecule has 0 saturated carbocycles. The standard InChI is InChI=1S/C15H17N3O3/c1-8-3-4-13(21-8)9(2)18-12-6-10(14(16)19)5-11(7-12)15(17)20/h3-7,9,18H,1-2H3,(H2,16,19)(H2,17,20). The van der Waals surface area contributed by atoms with Crippen molar-refractivity contribution in [2.75, 3.05) is 5.32 Å². The van der Waals surface area contributed by atoms with Gasteiger partial charge in [0.1, 0.15) is 11.5 Å². The summed E-state index contributed by atoms with van der Waals surface area (Å²) >= 11 is 0. The third kappa shape index (κ3) is 3.42. The van der Waals surface area contributed by atoms with Crippen LogP contribution in [-0.4, -0.2) is 11.8 Å². The molecule has 0 aliphatic carbocycles. The Kier molecular flexibility index (Phi) is 3.98. The second kappa shape index (κ2) is 5.70. The molecule has 0 aliphatic rings. The van der Waals surface area contributed by atoms with E-state index in [4.69, 9.17) is 15.9 Å². The highest BCUT2D eigenvalue weighted by atomic mass is 16.3. The van der Waals surface area contributed by atoms with Crippen molar-refractivity contribution in [2.24, 2.45) is 11.5 Å². The van der Waals surface area contributed by atoms with Gasteiger partial charge >= 0.3 is 0 Å². The summed E-state index contributed by atoms with van der Waals surface area (Å²) in [6.07, 6.45) is 0. The minimum absolute atomic E-state index is 0.137. The van der Waals surface area contributed by atoms with E-state index in [1.165, 1.54) is 6.07 Å². The zero-order chi connectivity index (χ0) is 15.6. The van der Waals surface area contributed by atoms with Gasteiger partial charge in [0.25, 0.3) is 0 Å². The van der Waals surface area contributed by atoms with Crippen LogP contribution in [0.4, 0.5) is 5.69 Å². The third-order valence-electron chi connectivity index (χ3n) is 3.07. The fourth-order valence-electron chi connectivity index (χ4n) is 2.00. The zero-order valence-electron chi connectivity index (χ0n) is 11.8. The van der Waals surface area contributed by atoms with Crippen LogP contribution >= 0.6 is 0 Å². The van der Waals surface area contributed by atoms with E-state index >= 15 is 0 Å². The Morgan fingerprint density at radius 1 is 1.10 bits per heavy atom. The number of benzene rings is 1. The first-order chi connectivity index (χ1) is 9.86. The SMILES string of the molecule is Cc1ccc(C(C)Nc2cc(C(N)=O)cc(C(N)=O)c2)o1. The van der Waals surface area contributed by atoms with Crippen LogP contribution in [0.15, 0.2) is 34.7 Å². The van der Waals surface area contributed by atoms with Crippen LogP contribution in [0.5, 0.6) is 0 Å². The summed E-state index contributed by atoms with van der Waals surface area (Å²) < 4.78 is 5.53. The van der Waals surface area contributed by atoms with Gasteiger partial charge in [-0.15, -0.1) is 0 Å². The molecule has 2 aromatic rings. The maximum atomic E-state index is 11.3. The van der Waals surface area contributed by atoms with Gasteiger partial charge in [0.05, 0.1) is 6.04 Å². The van der Waals surface area contributed by atoms with Crippen molar-refractivity contribution in [1.82, 2.24) is 0 Å². The lowest BCUT2D eigenvalue weighted by Gasteiger charge is -2.14. The summed E-state index contributed by atoms with van der Waals surface area (Å²) in [4.78, 5) is 22.6. The minimum atomic E-state index is -0.623. The molecule has 0 spiro atoms. The van der Waals surface area contributed by atoms with Crippen LogP contribution in [0.25, 0.3) is 0 Å². The van der Waals surface area contributed by atoms with Gasteiger partial charge in [-0.05, 0) is 44.2 Å². The molecule has 1 atom stereocenters. The number of nitrogens with one attached hydrogen (secondary N) is 1. The average Bonchev–Trinajstić information content (AvgIpc) is 2.85. The van der Waals surface area contributed by atoms with Gasteiger partial charge in [0.15, 0.2) is 0 Å². The summed E-state index contributed by atoms with van der Waals surface area (Å²) in [5.41, 5.74) is 11.5. The van der Waals surface area contributed by atoms with E-state index in [0.717, 1.165) is 11.5 Å². The summed E-state index contributed by atoms with van der Waals surface area (Å²) in [6, 6.07) is 8.10. The van der Waals surface area contributed by atoms with E-state index in [9.17, 15) is 9.59 Å². The number of furan rings is 1. The molecular weight excluding hydrogens is 270 g/mol. The number of amides is 2. The highest BCUT2D eigenvalue weighted by molar-refractivity contribution is 5.99. The largest absolute Gasteiger partial charge is 0.464 e. The number of aryl methyl sites for hydroxylation is 1. The average molecular weight is 287 g/mol. The van der Waals surface area contributed by atoms with Crippen LogP contribution in [0.3, 0.4) is 0 Å². The van der Waals surface area contributed by atoms with Gasteiger partial charge in [-0.3, -0.25) is 9.59 Å². The lowest BCUT2D eigenvalue weighted by Crippen LogP contribution is -2.17. The van der Waals surface area contributed by atoms with Crippen LogP contribution in [-0.2, 0) is 0 Å². The Morgan fingerprint density at radius 2 is 1.67 bits per heavy atom. The molecule has 0 fully saturated rings. The van der Waals surface area contributed by atoms with Gasteiger partial charge in [0, 0.05) is 16.8 Å². The maximum absolute atomic E-state index is 11.3. The molecule has 1 aromatic heterocycles. The van der Waals surface area contributed by atoms with Gasteiger partial charge < -0.3 is 21.2 Å². The van der Waals surface area contributed by atoms with Crippen molar-refractivity contribution in [2.45, 2.75) is 19.9 Å². The van der Waals surface area contributed by atoms with Crippen molar-refractivity contribution in [3.05, 3.63) is 53.0 Å². The van der Waals surface area contributed by atoms with Crippen LogP contribution in [0.2, 0.25) is 0 Å². The van der Waals surface area contributed by atoms with E-state index in [0.29, 0.717) is 5.69 Å². The van der Waals surface area contributed by atoms with Crippen LogP contribution in [0, 0.1) is 6.92 Å². The molecule has 1 heterocycles. The molecule has 2 rings (SSSR count). The fourth-order valence-corrected chi connectivity index (χ4v) is 2.00. The molecular formula is C15H17N3O3. The van der Waals surface area contributed by atoms with Crippen LogP contribution < -0.4 is 16.8 Å². The highest BCUT2D eigenvalue weighted by Gasteiger charge is 2.13. The molecule has 2 amide bonds. The predicted molar refractivity (Wildman–Crippen MR) is 79.0 cm³/mol. The Morgan fingerprint density at radius 3 is 2.10 bits per heavy atom. The van der Waals surface area contributed by atoms with Crippen molar-refractivity contribution in [1.29, 1.82) is 0 Å². The van der Waals surface area contributed by atoms with Gasteiger partial charge in [-0.2, -0.15) is 0 Å². The molecule has 5 N–H and O–H groups in total. The van der Waals surface area contributed by atoms with Crippen LogP contribution in [0.1, 0.15) is 45.2 Å². The van der Waals surface area contributed by atoms with Gasteiger partial charge in [0.2, 0.25) is 11.8 Å². The number of carbonyl (C=O) groups is 2. The van der Waals surface area contributed by atoms with Crippen molar-refractivity contribution in [3.8, 4) is 0 Å². The second-order valence-corrected chi connectivity index (χ2v) is 4.84. The monoisotopic (exact) mass is 287 g/mol. The summed E-state index contributed by atoms with van der Waals surface area (Å²) in [6.45, 7) is 3.76. The number of primary amides is 2. The van der Waals surface area contributed by atoms with Crippen molar-refractivity contribution < 1.29 is 14.0 Å². The van der Waals surface area contributed by atoms with Crippen molar-refractivity contribution in [3.63, 3.8) is 0 Å². The molecule has 1 unspecified atom stereocenters. The van der Waals surface area contributed by atoms with Gasteiger partial charge in [-0.1, -0.05) is 0 Å². The Hall–Kier alpha value is -2.76. The first-order valence-electron chi connectivity index (χ1n) is 6.44. The number of carbonyl (C=O) groups excluding carboxylic acids is 2. The molecule has 110 valence electrons. The number of hydrogen-bond donors (Lipinski definition) is 3. The van der Waals surface area contributed by atoms with Gasteiger partial charge in [-0.25, -0.2) is 0 Å². The smallest absolute Gasteiger partial charge is 0.248 e. The predicted octanol–water partition coefficient (Wildman–Crippen LogP) is 1.96. The lowest BCUT2D eigenvalue weighted by atomic mass is 10.1. The Labute approximate surface area is 122 Å². The molecule has 6 nitrogen and oxygen atoms in total. The minimum Gasteiger partial charge on any atom is -0.464 e. The molecule has 0 radical (unpaired) electrons.